The highest BCUT2D eigenvalue weighted by Gasteiger charge is 1.99. The summed E-state index contributed by atoms with van der Waals surface area (Å²) in [5.41, 5.74) is 3.71. The molecule has 1 aromatic carbocycles. The smallest absolute Gasteiger partial charge is 0.0659 e. The molecule has 0 N–H and O–H groups in total. The molecular formula is C12H13BrN2. The Morgan fingerprint density at radius 1 is 1.33 bits per heavy atom. The minimum Gasteiger partial charge on any atom is -0.268 e. The monoisotopic (exact) mass is 264 g/mol. The van der Waals surface area contributed by atoms with Crippen molar-refractivity contribution in [1.29, 1.82) is 0 Å². The van der Waals surface area contributed by atoms with Crippen LogP contribution in [0.4, 0.5) is 0 Å². The number of benzene rings is 1. The molecule has 2 rings (SSSR count). The van der Waals surface area contributed by atoms with Crippen LogP contribution < -0.4 is 0 Å². The van der Waals surface area contributed by atoms with Gasteiger partial charge in [0.1, 0.15) is 0 Å². The normalized spacial score (nSPS) is 10.6. The number of rotatable bonds is 2. The van der Waals surface area contributed by atoms with Crippen LogP contribution in [0.5, 0.6) is 0 Å². The Labute approximate surface area is 98.1 Å². The van der Waals surface area contributed by atoms with Crippen LogP contribution in [-0.2, 0) is 6.54 Å². The van der Waals surface area contributed by atoms with E-state index in [0.717, 1.165) is 11.0 Å². The highest BCUT2D eigenvalue weighted by atomic mass is 79.9. The summed E-state index contributed by atoms with van der Waals surface area (Å²) >= 11 is 3.53. The van der Waals surface area contributed by atoms with Crippen molar-refractivity contribution in [2.75, 3.05) is 0 Å². The fraction of sp³-hybridized carbons (Fsp3) is 0.250. The molecule has 0 bridgehead atoms. The zero-order valence-corrected chi connectivity index (χ0v) is 10.5. The lowest BCUT2D eigenvalue weighted by molar-refractivity contribution is 0.686. The van der Waals surface area contributed by atoms with Crippen molar-refractivity contribution < 1.29 is 0 Å². The van der Waals surface area contributed by atoms with Crippen LogP contribution in [0, 0.1) is 13.8 Å². The van der Waals surface area contributed by atoms with E-state index >= 15 is 0 Å². The van der Waals surface area contributed by atoms with Gasteiger partial charge in [-0.05, 0) is 36.6 Å². The SMILES string of the molecule is Cc1cnn(Cc2ccc(C)c(Br)c2)c1. The summed E-state index contributed by atoms with van der Waals surface area (Å²) in [4.78, 5) is 0. The lowest BCUT2D eigenvalue weighted by Crippen LogP contribution is -1.99. The van der Waals surface area contributed by atoms with Crippen LogP contribution in [-0.4, -0.2) is 9.78 Å². The van der Waals surface area contributed by atoms with E-state index in [4.69, 9.17) is 0 Å². The molecule has 2 aromatic rings. The summed E-state index contributed by atoms with van der Waals surface area (Å²) in [6, 6.07) is 6.40. The van der Waals surface area contributed by atoms with E-state index in [2.05, 4.69) is 53.1 Å². The second-order valence-electron chi connectivity index (χ2n) is 3.80. The topological polar surface area (TPSA) is 17.8 Å². The molecule has 78 valence electrons. The molecular weight excluding hydrogens is 252 g/mol. The van der Waals surface area contributed by atoms with Crippen molar-refractivity contribution in [2.45, 2.75) is 20.4 Å². The molecule has 0 saturated heterocycles. The Hall–Kier alpha value is -1.09. The summed E-state index contributed by atoms with van der Waals surface area (Å²) in [6.45, 7) is 4.97. The van der Waals surface area contributed by atoms with Crippen LogP contribution in [0.2, 0.25) is 0 Å². The van der Waals surface area contributed by atoms with Gasteiger partial charge in [-0.15, -0.1) is 0 Å². The second-order valence-corrected chi connectivity index (χ2v) is 4.65. The Morgan fingerprint density at radius 3 is 2.73 bits per heavy atom. The average Bonchev–Trinajstić information content (AvgIpc) is 2.58. The number of nitrogens with zero attached hydrogens (tertiary/aromatic N) is 2. The Kier molecular flexibility index (Phi) is 2.91. The molecule has 0 spiro atoms. The van der Waals surface area contributed by atoms with Gasteiger partial charge in [-0.25, -0.2) is 0 Å². The number of hydrogen-bond acceptors (Lipinski definition) is 1. The van der Waals surface area contributed by atoms with Crippen LogP contribution in [0.25, 0.3) is 0 Å². The maximum atomic E-state index is 4.26. The fourth-order valence-corrected chi connectivity index (χ4v) is 1.90. The first-order valence-electron chi connectivity index (χ1n) is 4.89. The standard InChI is InChI=1S/C12H13BrN2/c1-9-6-14-15(7-9)8-11-4-3-10(2)12(13)5-11/h3-7H,8H2,1-2H3. The molecule has 15 heavy (non-hydrogen) atoms. The molecule has 3 heteroatoms. The number of halogens is 1. The van der Waals surface area contributed by atoms with E-state index in [1.807, 2.05) is 17.1 Å². The highest BCUT2D eigenvalue weighted by molar-refractivity contribution is 9.10. The van der Waals surface area contributed by atoms with E-state index in [1.54, 1.807) is 0 Å². The lowest BCUT2D eigenvalue weighted by atomic mass is 10.1. The van der Waals surface area contributed by atoms with Gasteiger partial charge >= 0.3 is 0 Å². The molecule has 2 nitrogen and oxygen atoms in total. The van der Waals surface area contributed by atoms with E-state index in [1.165, 1.54) is 16.7 Å². The molecule has 0 aliphatic heterocycles. The predicted molar refractivity (Wildman–Crippen MR) is 64.9 cm³/mol. The Balaban J connectivity index is 2.21. The van der Waals surface area contributed by atoms with Crippen molar-refractivity contribution in [3.63, 3.8) is 0 Å². The van der Waals surface area contributed by atoms with E-state index in [-0.39, 0.29) is 0 Å². The molecule has 0 atom stereocenters. The van der Waals surface area contributed by atoms with Crippen LogP contribution in [0.15, 0.2) is 35.1 Å². The number of hydrogen-bond donors (Lipinski definition) is 0. The maximum absolute atomic E-state index is 4.26. The molecule has 0 amide bonds. The van der Waals surface area contributed by atoms with Gasteiger partial charge in [0.25, 0.3) is 0 Å². The zero-order chi connectivity index (χ0) is 10.8. The maximum Gasteiger partial charge on any atom is 0.0659 e. The van der Waals surface area contributed by atoms with Crippen LogP contribution in [0.1, 0.15) is 16.7 Å². The highest BCUT2D eigenvalue weighted by Crippen LogP contribution is 2.18. The third kappa shape index (κ3) is 2.48. The summed E-state index contributed by atoms with van der Waals surface area (Å²) in [7, 11) is 0. The van der Waals surface area contributed by atoms with Gasteiger partial charge in [-0.3, -0.25) is 4.68 Å². The van der Waals surface area contributed by atoms with Gasteiger partial charge in [0.2, 0.25) is 0 Å². The first-order valence-corrected chi connectivity index (χ1v) is 5.68. The molecule has 0 radical (unpaired) electrons. The molecule has 0 aliphatic rings. The predicted octanol–water partition coefficient (Wildman–Crippen LogP) is 3.31. The molecule has 0 fully saturated rings. The lowest BCUT2D eigenvalue weighted by Gasteiger charge is -2.04. The van der Waals surface area contributed by atoms with Crippen molar-refractivity contribution in [3.8, 4) is 0 Å². The summed E-state index contributed by atoms with van der Waals surface area (Å²) in [6.07, 6.45) is 3.93. The summed E-state index contributed by atoms with van der Waals surface area (Å²) in [5.74, 6) is 0. The largest absolute Gasteiger partial charge is 0.268 e. The minimum absolute atomic E-state index is 0.826. The Morgan fingerprint density at radius 2 is 2.13 bits per heavy atom. The third-order valence-electron chi connectivity index (χ3n) is 2.34. The van der Waals surface area contributed by atoms with Crippen LogP contribution in [0.3, 0.4) is 0 Å². The van der Waals surface area contributed by atoms with Gasteiger partial charge in [-0.1, -0.05) is 28.1 Å². The third-order valence-corrected chi connectivity index (χ3v) is 3.20. The first kappa shape index (κ1) is 10.4. The molecule has 0 unspecified atom stereocenters. The number of aryl methyl sites for hydroxylation is 2. The average molecular weight is 265 g/mol. The molecule has 1 aromatic heterocycles. The summed E-state index contributed by atoms with van der Waals surface area (Å²) in [5, 5.41) is 4.26. The van der Waals surface area contributed by atoms with Crippen molar-refractivity contribution >= 4 is 15.9 Å². The van der Waals surface area contributed by atoms with Crippen molar-refractivity contribution in [3.05, 3.63) is 51.8 Å². The van der Waals surface area contributed by atoms with Gasteiger partial charge in [0.15, 0.2) is 0 Å². The summed E-state index contributed by atoms with van der Waals surface area (Å²) < 4.78 is 3.11. The van der Waals surface area contributed by atoms with E-state index in [0.29, 0.717) is 0 Å². The zero-order valence-electron chi connectivity index (χ0n) is 8.87. The van der Waals surface area contributed by atoms with Gasteiger partial charge in [0.05, 0.1) is 12.7 Å². The first-order chi connectivity index (χ1) is 7.15. The van der Waals surface area contributed by atoms with Gasteiger partial charge < -0.3 is 0 Å². The number of aromatic nitrogens is 2. The van der Waals surface area contributed by atoms with Crippen molar-refractivity contribution in [1.82, 2.24) is 9.78 Å². The molecule has 0 saturated carbocycles. The van der Waals surface area contributed by atoms with Gasteiger partial charge in [0, 0.05) is 10.7 Å². The molecule has 1 heterocycles. The minimum atomic E-state index is 0.826. The quantitative estimate of drug-likeness (QED) is 0.814. The van der Waals surface area contributed by atoms with Gasteiger partial charge in [-0.2, -0.15) is 5.10 Å². The van der Waals surface area contributed by atoms with Crippen LogP contribution >= 0.6 is 15.9 Å². The van der Waals surface area contributed by atoms with Crippen molar-refractivity contribution in [2.24, 2.45) is 0 Å². The molecule has 0 aliphatic carbocycles. The van der Waals surface area contributed by atoms with E-state index in [9.17, 15) is 0 Å². The van der Waals surface area contributed by atoms with E-state index < -0.39 is 0 Å². The Bertz CT molecular complexity index is 474. The fourth-order valence-electron chi connectivity index (χ4n) is 1.48. The second kappa shape index (κ2) is 4.19.